The maximum atomic E-state index is 14.7. The van der Waals surface area contributed by atoms with Gasteiger partial charge < -0.3 is 47.0 Å². The summed E-state index contributed by atoms with van der Waals surface area (Å²) in [6.45, 7) is 14.4. The highest BCUT2D eigenvalue weighted by Crippen LogP contribution is 2.42. The molecule has 0 spiro atoms. The van der Waals surface area contributed by atoms with Gasteiger partial charge in [-0.1, -0.05) is 83.7 Å². The lowest BCUT2D eigenvalue weighted by atomic mass is 9.85. The number of carbonyl (C=O) groups is 5. The van der Waals surface area contributed by atoms with E-state index in [1.54, 1.807) is 43.1 Å². The first kappa shape index (κ1) is 56.3. The number of rotatable bonds is 21. The van der Waals surface area contributed by atoms with E-state index in [1.807, 2.05) is 75.7 Å². The van der Waals surface area contributed by atoms with E-state index in [0.29, 0.717) is 68.1 Å². The molecule has 6 atom stereocenters. The Balaban J connectivity index is 0.871. The largest absolute Gasteiger partial charge is 0.382 e. The second kappa shape index (κ2) is 25.4. The van der Waals surface area contributed by atoms with Crippen LogP contribution in [0.1, 0.15) is 150 Å². The topological polar surface area (TPSA) is 212 Å². The van der Waals surface area contributed by atoms with Crippen molar-refractivity contribution in [2.45, 2.75) is 162 Å². The number of nitrogens with zero attached hydrogens (tertiary/aromatic N) is 6. The van der Waals surface area contributed by atoms with Crippen LogP contribution in [0.3, 0.4) is 0 Å². The quantitative estimate of drug-likeness (QED) is 0.0483. The van der Waals surface area contributed by atoms with E-state index < -0.39 is 29.4 Å². The number of likely N-dealkylation sites (tertiary alicyclic amines) is 1. The molecular formula is C57H81FN12O5. The van der Waals surface area contributed by atoms with Gasteiger partial charge in [-0.15, -0.1) is 0 Å². The van der Waals surface area contributed by atoms with Crippen LogP contribution in [0.4, 0.5) is 15.9 Å². The van der Waals surface area contributed by atoms with E-state index in [0.717, 1.165) is 86.0 Å². The fourth-order valence-electron chi connectivity index (χ4n) is 10.9. The average molecular weight is 1030 g/mol. The molecule has 0 unspecified atom stereocenters. The Kier molecular flexibility index (Phi) is 19.1. The van der Waals surface area contributed by atoms with Crippen molar-refractivity contribution in [2.24, 2.45) is 5.41 Å². The van der Waals surface area contributed by atoms with Gasteiger partial charge in [0.1, 0.15) is 23.7 Å². The van der Waals surface area contributed by atoms with Crippen molar-refractivity contribution in [2.75, 3.05) is 50.9 Å². The van der Waals surface area contributed by atoms with E-state index in [9.17, 15) is 28.4 Å². The Morgan fingerprint density at radius 1 is 0.960 bits per heavy atom. The molecular weight excluding hydrogens is 952 g/mol. The number of hydrogen-bond acceptors (Lipinski definition) is 11. The molecule has 5 heterocycles. The molecule has 2 aromatic carbocycles. The van der Waals surface area contributed by atoms with Crippen molar-refractivity contribution in [3.8, 4) is 11.1 Å². The van der Waals surface area contributed by atoms with Crippen LogP contribution in [-0.4, -0.2) is 119 Å². The molecule has 0 saturated carbocycles. The van der Waals surface area contributed by atoms with Crippen LogP contribution in [0.5, 0.6) is 0 Å². The molecule has 2 fully saturated rings. The van der Waals surface area contributed by atoms with Gasteiger partial charge in [0.2, 0.25) is 23.6 Å². The number of fused-ring (bicyclic) bond motifs is 8. The maximum Gasteiger partial charge on any atom is 0.254 e. The molecule has 0 radical (unpaired) electrons. The summed E-state index contributed by atoms with van der Waals surface area (Å²) in [5, 5.41) is 20.8. The SMILES string of the molecule is CC[C@H](NC(=O)[C@H]1C[C@@H](NCCCCCCCCC(=O)NCCn2nc3c(c2C)-c2cnc(N)c(c2)N2CCC[C@@H]2c2cc(F)ccc2C(=O)N(C)C3)CN1C(=O)[C@H](NC(=O)[C@@H](C)NC)C(C)(C)C)c1ccccc1. The van der Waals surface area contributed by atoms with Gasteiger partial charge in [0.15, 0.2) is 0 Å². The zero-order valence-electron chi connectivity index (χ0n) is 45.4. The summed E-state index contributed by atoms with van der Waals surface area (Å²) in [6.07, 6.45) is 10.6. The zero-order valence-corrected chi connectivity index (χ0v) is 45.4. The lowest BCUT2D eigenvalue weighted by Crippen LogP contribution is -2.59. The lowest BCUT2D eigenvalue weighted by Gasteiger charge is -2.36. The van der Waals surface area contributed by atoms with Crippen LogP contribution in [0, 0.1) is 18.2 Å². The minimum Gasteiger partial charge on any atom is -0.382 e. The predicted molar refractivity (Wildman–Crippen MR) is 291 cm³/mol. The van der Waals surface area contributed by atoms with Crippen LogP contribution >= 0.6 is 0 Å². The number of amides is 5. The Bertz CT molecular complexity index is 2640. The van der Waals surface area contributed by atoms with E-state index in [-0.39, 0.29) is 54.2 Å². The predicted octanol–water partition coefficient (Wildman–Crippen LogP) is 6.71. The highest BCUT2D eigenvalue weighted by molar-refractivity contribution is 5.96. The normalized spacial score (nSPS) is 18.8. The molecule has 3 aliphatic heterocycles. The van der Waals surface area contributed by atoms with Gasteiger partial charge >= 0.3 is 0 Å². The highest BCUT2D eigenvalue weighted by atomic mass is 19.1. The number of hydrogen-bond donors (Lipinski definition) is 6. The van der Waals surface area contributed by atoms with E-state index in [4.69, 9.17) is 10.8 Å². The summed E-state index contributed by atoms with van der Waals surface area (Å²) in [4.78, 5) is 78.6. The number of likely N-dealkylation sites (N-methyl/N-ethyl adjacent to an activating group) is 1. The molecule has 406 valence electrons. The molecule has 4 aromatic rings. The number of halogens is 1. The number of benzene rings is 2. The first-order chi connectivity index (χ1) is 35.9. The molecule has 2 saturated heterocycles. The number of carbonyl (C=O) groups excluding carboxylic acids is 5. The number of nitrogens with one attached hydrogen (secondary N) is 5. The molecule has 75 heavy (non-hydrogen) atoms. The van der Waals surface area contributed by atoms with Crippen LogP contribution in [-0.2, 0) is 32.3 Å². The number of anilines is 2. The summed E-state index contributed by atoms with van der Waals surface area (Å²) < 4.78 is 16.6. The minimum absolute atomic E-state index is 0.0130. The van der Waals surface area contributed by atoms with E-state index >= 15 is 0 Å². The fraction of sp³-hybridized carbons (Fsp3) is 0.561. The van der Waals surface area contributed by atoms with Gasteiger partial charge in [-0.2, -0.15) is 5.10 Å². The molecule has 18 heteroatoms. The second-order valence-electron chi connectivity index (χ2n) is 21.8. The molecule has 7 rings (SSSR count). The molecule has 17 nitrogen and oxygen atoms in total. The van der Waals surface area contributed by atoms with Crippen molar-refractivity contribution in [1.29, 1.82) is 0 Å². The first-order valence-corrected chi connectivity index (χ1v) is 27.2. The van der Waals surface area contributed by atoms with Gasteiger partial charge in [-0.05, 0) is 107 Å². The third-order valence-electron chi connectivity index (χ3n) is 15.3. The summed E-state index contributed by atoms with van der Waals surface area (Å²) >= 11 is 0. The average Bonchev–Trinajstić information content (AvgIpc) is 4.13. The van der Waals surface area contributed by atoms with Crippen molar-refractivity contribution in [3.05, 3.63) is 94.7 Å². The van der Waals surface area contributed by atoms with Gasteiger partial charge in [-0.3, -0.25) is 28.7 Å². The fourth-order valence-corrected chi connectivity index (χ4v) is 10.9. The van der Waals surface area contributed by atoms with E-state index in [2.05, 4.69) is 36.5 Å². The summed E-state index contributed by atoms with van der Waals surface area (Å²) in [5.41, 5.74) is 12.0. The van der Waals surface area contributed by atoms with Gasteiger partial charge in [-0.25, -0.2) is 9.37 Å². The summed E-state index contributed by atoms with van der Waals surface area (Å²) in [6, 6.07) is 13.7. The standard InChI is InChI=1S/C57H81FN12O5/c1-9-44(38-20-15-14-16-21-38)64-54(73)48-32-41(34-69(48)56(75)51(57(4,5)6)65-53(72)36(2)60-7)61-26-18-13-11-10-12-17-23-49(71)62-27-29-70-37(3)50-39-30-47(52(59)63-33-39)68-28-19-22-46(68)43-31-40(58)24-25-42(43)55(74)67(8)35-45(50)66-70/h14-16,20-21,24-25,30-31,33,36,41,44,46,48,51,60-61H,9-13,17-19,22-23,26-29,32,34-35H2,1-8H3,(H2,59,63)(H,62,71)(H,64,73)(H,65,72)/t36-,41-,44+,46-,48-,51+/m1/s1. The Morgan fingerprint density at radius 3 is 2.41 bits per heavy atom. The van der Waals surface area contributed by atoms with Crippen LogP contribution < -0.4 is 37.2 Å². The minimum atomic E-state index is -0.825. The number of aromatic nitrogens is 3. The third kappa shape index (κ3) is 13.7. The zero-order chi connectivity index (χ0) is 54.0. The van der Waals surface area contributed by atoms with Crippen molar-refractivity contribution in [1.82, 2.24) is 51.1 Å². The number of nitrogen functional groups attached to an aromatic ring is 1. The number of unbranched alkanes of at least 4 members (excludes halogenated alkanes) is 5. The summed E-state index contributed by atoms with van der Waals surface area (Å²) in [5.74, 6) is -0.990. The first-order valence-electron chi connectivity index (χ1n) is 27.2. The van der Waals surface area contributed by atoms with Crippen LogP contribution in [0.15, 0.2) is 60.8 Å². The van der Waals surface area contributed by atoms with Gasteiger partial charge in [0.25, 0.3) is 5.91 Å². The lowest BCUT2D eigenvalue weighted by molar-refractivity contribution is -0.144. The smallest absolute Gasteiger partial charge is 0.254 e. The third-order valence-corrected chi connectivity index (χ3v) is 15.3. The summed E-state index contributed by atoms with van der Waals surface area (Å²) in [7, 11) is 3.44. The van der Waals surface area contributed by atoms with Crippen LogP contribution in [0.25, 0.3) is 11.1 Å². The second-order valence-corrected chi connectivity index (χ2v) is 21.8. The molecule has 2 aromatic heterocycles. The molecule has 7 N–H and O–H groups in total. The number of pyridine rings is 1. The van der Waals surface area contributed by atoms with Crippen molar-refractivity contribution < 1.29 is 28.4 Å². The highest BCUT2D eigenvalue weighted by Gasteiger charge is 2.45. The van der Waals surface area contributed by atoms with Crippen LogP contribution in [0.2, 0.25) is 0 Å². The molecule has 2 bridgehead atoms. The van der Waals surface area contributed by atoms with Crippen molar-refractivity contribution >= 4 is 41.0 Å². The Morgan fingerprint density at radius 2 is 1.69 bits per heavy atom. The molecule has 0 aliphatic carbocycles. The van der Waals surface area contributed by atoms with Gasteiger partial charge in [0, 0.05) is 67.7 Å². The Hall–Kier alpha value is -6.40. The van der Waals surface area contributed by atoms with Crippen molar-refractivity contribution in [3.63, 3.8) is 0 Å². The monoisotopic (exact) mass is 1030 g/mol. The molecule has 3 aliphatic rings. The van der Waals surface area contributed by atoms with Gasteiger partial charge in [0.05, 0.1) is 42.6 Å². The number of nitrogens with two attached hydrogens (primary N) is 1. The van der Waals surface area contributed by atoms with E-state index in [1.165, 1.54) is 12.1 Å². The Labute approximate surface area is 442 Å². The maximum absolute atomic E-state index is 14.7. The molecule has 5 amide bonds.